The van der Waals surface area contributed by atoms with Gasteiger partial charge in [-0.2, -0.15) is 0 Å². The molecule has 0 atom stereocenters. The number of benzene rings is 1. The van der Waals surface area contributed by atoms with Crippen molar-refractivity contribution < 1.29 is 17.9 Å². The Kier molecular flexibility index (Phi) is 4.84. The third-order valence-electron chi connectivity index (χ3n) is 2.17. The number of ketones is 1. The zero-order chi connectivity index (χ0) is 12.9. The van der Waals surface area contributed by atoms with Gasteiger partial charge in [-0.05, 0) is 18.6 Å². The lowest BCUT2D eigenvalue weighted by Gasteiger charge is -2.04. The molecule has 0 N–H and O–H groups in total. The van der Waals surface area contributed by atoms with Crippen LogP contribution in [-0.2, 0) is 14.6 Å². The average molecular weight is 256 g/mol. The van der Waals surface area contributed by atoms with Crippen molar-refractivity contribution in [3.05, 3.63) is 29.8 Å². The Balaban J connectivity index is 2.82. The predicted octanol–water partition coefficient (Wildman–Crippen LogP) is 1.70. The summed E-state index contributed by atoms with van der Waals surface area (Å²) in [5.74, 6) is -0.205. The van der Waals surface area contributed by atoms with Gasteiger partial charge in [0.15, 0.2) is 15.6 Å². The molecule has 0 saturated carbocycles. The molecule has 1 rings (SSSR count). The van der Waals surface area contributed by atoms with E-state index < -0.39 is 9.84 Å². The highest BCUT2D eigenvalue weighted by atomic mass is 32.2. The van der Waals surface area contributed by atoms with Crippen LogP contribution in [0.1, 0.15) is 23.7 Å². The zero-order valence-electron chi connectivity index (χ0n) is 9.97. The van der Waals surface area contributed by atoms with Crippen LogP contribution in [-0.4, -0.2) is 33.7 Å². The summed E-state index contributed by atoms with van der Waals surface area (Å²) in [6, 6.07) is 6.00. The van der Waals surface area contributed by atoms with E-state index in [0.29, 0.717) is 12.2 Å². The summed E-state index contributed by atoms with van der Waals surface area (Å²) in [5.41, 5.74) is 0.365. The van der Waals surface area contributed by atoms with Crippen molar-refractivity contribution >= 4 is 15.6 Å². The van der Waals surface area contributed by atoms with E-state index in [1.165, 1.54) is 12.1 Å². The summed E-state index contributed by atoms with van der Waals surface area (Å²) in [6.07, 6.45) is 1.96. The SMILES string of the molecule is CCCOCC(=O)c1cccc(S(C)(=O)=O)c1. The van der Waals surface area contributed by atoms with Crippen LogP contribution in [0.15, 0.2) is 29.2 Å². The molecule has 5 heteroatoms. The zero-order valence-corrected chi connectivity index (χ0v) is 10.8. The normalized spacial score (nSPS) is 11.4. The minimum atomic E-state index is -3.28. The quantitative estimate of drug-likeness (QED) is 0.574. The van der Waals surface area contributed by atoms with Gasteiger partial charge in [-0.3, -0.25) is 4.79 Å². The number of carbonyl (C=O) groups excluding carboxylic acids is 1. The first-order valence-electron chi connectivity index (χ1n) is 5.36. The van der Waals surface area contributed by atoms with Crippen molar-refractivity contribution in [2.24, 2.45) is 0 Å². The number of carbonyl (C=O) groups is 1. The molecule has 4 nitrogen and oxygen atoms in total. The van der Waals surface area contributed by atoms with Crippen molar-refractivity contribution in [1.82, 2.24) is 0 Å². The average Bonchev–Trinajstić information content (AvgIpc) is 2.28. The highest BCUT2D eigenvalue weighted by Crippen LogP contribution is 2.11. The number of hydrogen-bond acceptors (Lipinski definition) is 4. The van der Waals surface area contributed by atoms with Gasteiger partial charge in [-0.15, -0.1) is 0 Å². The Morgan fingerprint density at radius 3 is 2.65 bits per heavy atom. The summed E-state index contributed by atoms with van der Waals surface area (Å²) in [5, 5.41) is 0. The topological polar surface area (TPSA) is 60.4 Å². The molecule has 0 aliphatic rings. The number of sulfone groups is 1. The Morgan fingerprint density at radius 2 is 2.06 bits per heavy atom. The fourth-order valence-corrected chi connectivity index (χ4v) is 1.96. The Bertz CT molecular complexity index is 491. The summed E-state index contributed by atoms with van der Waals surface area (Å²) in [4.78, 5) is 11.8. The maximum atomic E-state index is 11.7. The smallest absolute Gasteiger partial charge is 0.188 e. The van der Waals surface area contributed by atoms with Gasteiger partial charge >= 0.3 is 0 Å². The molecule has 0 amide bonds. The third-order valence-corrected chi connectivity index (χ3v) is 3.28. The van der Waals surface area contributed by atoms with Gasteiger partial charge in [0.1, 0.15) is 6.61 Å². The molecule has 17 heavy (non-hydrogen) atoms. The van der Waals surface area contributed by atoms with E-state index in [9.17, 15) is 13.2 Å². The van der Waals surface area contributed by atoms with Crippen molar-refractivity contribution in [3.8, 4) is 0 Å². The van der Waals surface area contributed by atoms with E-state index in [1.54, 1.807) is 12.1 Å². The van der Waals surface area contributed by atoms with Crippen LogP contribution in [0.4, 0.5) is 0 Å². The predicted molar refractivity (Wildman–Crippen MR) is 65.0 cm³/mol. The van der Waals surface area contributed by atoms with Gasteiger partial charge < -0.3 is 4.74 Å². The lowest BCUT2D eigenvalue weighted by atomic mass is 10.1. The molecule has 0 bridgehead atoms. The first-order chi connectivity index (χ1) is 7.95. The van der Waals surface area contributed by atoms with Gasteiger partial charge in [-0.25, -0.2) is 8.42 Å². The van der Waals surface area contributed by atoms with Crippen LogP contribution in [0.25, 0.3) is 0 Å². The fraction of sp³-hybridized carbons (Fsp3) is 0.417. The first-order valence-corrected chi connectivity index (χ1v) is 7.25. The third kappa shape index (κ3) is 4.28. The Labute approximate surface area is 102 Å². The van der Waals surface area contributed by atoms with E-state index in [2.05, 4.69) is 0 Å². The van der Waals surface area contributed by atoms with Gasteiger partial charge in [0.05, 0.1) is 4.90 Å². The van der Waals surface area contributed by atoms with Crippen molar-refractivity contribution in [1.29, 1.82) is 0 Å². The van der Waals surface area contributed by atoms with Gasteiger partial charge in [-0.1, -0.05) is 19.1 Å². The summed E-state index contributed by atoms with van der Waals surface area (Å²) < 4.78 is 27.8. The highest BCUT2D eigenvalue weighted by Gasteiger charge is 2.11. The van der Waals surface area contributed by atoms with Crippen LogP contribution < -0.4 is 0 Å². The monoisotopic (exact) mass is 256 g/mol. The van der Waals surface area contributed by atoms with Crippen molar-refractivity contribution in [2.75, 3.05) is 19.5 Å². The molecule has 0 spiro atoms. The van der Waals surface area contributed by atoms with Crippen LogP contribution in [0.2, 0.25) is 0 Å². The number of hydrogen-bond donors (Lipinski definition) is 0. The Morgan fingerprint density at radius 1 is 1.35 bits per heavy atom. The van der Waals surface area contributed by atoms with E-state index in [-0.39, 0.29) is 17.3 Å². The minimum absolute atomic E-state index is 0.0128. The summed E-state index contributed by atoms with van der Waals surface area (Å²) in [7, 11) is -3.28. The minimum Gasteiger partial charge on any atom is -0.373 e. The van der Waals surface area contributed by atoms with Gasteiger partial charge in [0, 0.05) is 18.4 Å². The van der Waals surface area contributed by atoms with Crippen molar-refractivity contribution in [3.63, 3.8) is 0 Å². The number of rotatable bonds is 6. The molecule has 0 heterocycles. The molecule has 1 aromatic rings. The van der Waals surface area contributed by atoms with E-state index in [0.717, 1.165) is 12.7 Å². The van der Waals surface area contributed by atoms with Gasteiger partial charge in [0.25, 0.3) is 0 Å². The standard InChI is InChI=1S/C12H16O4S/c1-3-7-16-9-12(13)10-5-4-6-11(8-10)17(2,14)15/h4-6,8H,3,7,9H2,1-2H3. The van der Waals surface area contributed by atoms with E-state index in [4.69, 9.17) is 4.74 Å². The molecule has 0 aliphatic heterocycles. The number of ether oxygens (including phenoxy) is 1. The molecular formula is C12H16O4S. The molecule has 1 aromatic carbocycles. The van der Waals surface area contributed by atoms with Crippen LogP contribution in [0.3, 0.4) is 0 Å². The molecule has 0 radical (unpaired) electrons. The van der Waals surface area contributed by atoms with Crippen LogP contribution in [0, 0.1) is 0 Å². The van der Waals surface area contributed by atoms with Crippen LogP contribution in [0.5, 0.6) is 0 Å². The second-order valence-corrected chi connectivity index (χ2v) is 5.79. The maximum absolute atomic E-state index is 11.7. The molecule has 0 aromatic heterocycles. The summed E-state index contributed by atoms with van der Waals surface area (Å²) >= 11 is 0. The molecule has 0 unspecified atom stereocenters. The van der Waals surface area contributed by atoms with Crippen LogP contribution >= 0.6 is 0 Å². The lowest BCUT2D eigenvalue weighted by molar-refractivity contribution is 0.0761. The second kappa shape index (κ2) is 5.93. The molecule has 0 aliphatic carbocycles. The molecule has 0 saturated heterocycles. The summed E-state index contributed by atoms with van der Waals surface area (Å²) in [6.45, 7) is 2.47. The first kappa shape index (κ1) is 13.9. The highest BCUT2D eigenvalue weighted by molar-refractivity contribution is 7.90. The van der Waals surface area contributed by atoms with Crippen molar-refractivity contribution in [2.45, 2.75) is 18.2 Å². The largest absolute Gasteiger partial charge is 0.373 e. The molecule has 0 fully saturated rings. The fourth-order valence-electron chi connectivity index (χ4n) is 1.29. The van der Waals surface area contributed by atoms with E-state index in [1.807, 2.05) is 6.92 Å². The second-order valence-electron chi connectivity index (χ2n) is 3.78. The van der Waals surface area contributed by atoms with Gasteiger partial charge in [0.2, 0.25) is 0 Å². The Hall–Kier alpha value is -1.20. The maximum Gasteiger partial charge on any atom is 0.188 e. The molecule has 94 valence electrons. The molecular weight excluding hydrogens is 240 g/mol. The lowest BCUT2D eigenvalue weighted by Crippen LogP contribution is -2.10. The number of Topliss-reactive ketones (excluding diaryl/α,β-unsaturated/α-hetero) is 1. The van der Waals surface area contributed by atoms with E-state index >= 15 is 0 Å².